The van der Waals surface area contributed by atoms with Gasteiger partial charge in [0.2, 0.25) is 0 Å². The van der Waals surface area contributed by atoms with Gasteiger partial charge in [0.05, 0.1) is 30.5 Å². The van der Waals surface area contributed by atoms with E-state index in [2.05, 4.69) is 0 Å². The largest absolute Gasteiger partial charge is 0.488 e. The second-order valence-electron chi connectivity index (χ2n) is 8.49. The van der Waals surface area contributed by atoms with Gasteiger partial charge in [-0.15, -0.1) is 0 Å². The number of benzene rings is 3. The van der Waals surface area contributed by atoms with E-state index in [0.29, 0.717) is 45.3 Å². The summed E-state index contributed by atoms with van der Waals surface area (Å²) >= 11 is 6.09. The number of carbonyl (C=O) groups is 1. The van der Waals surface area contributed by atoms with Crippen LogP contribution in [0.1, 0.15) is 24.5 Å². The number of aliphatic carboxylic acids is 1. The van der Waals surface area contributed by atoms with E-state index in [9.17, 15) is 19.4 Å². The Balaban J connectivity index is 1.78. The van der Waals surface area contributed by atoms with Crippen LogP contribution in [0, 0.1) is 5.82 Å². The van der Waals surface area contributed by atoms with E-state index < -0.39 is 12.1 Å². The summed E-state index contributed by atoms with van der Waals surface area (Å²) in [5, 5.41) is 24.9. The summed E-state index contributed by atoms with van der Waals surface area (Å²) in [5.74, 6) is -0.826. The zero-order valence-electron chi connectivity index (χ0n) is 19.7. The standard InChI is InChI=1S/C28H26ClFN2O4/c1-2-23(33)16-32-26(20-6-4-8-22(30)14-20)15-25(31-32)24-12-18(13-28(34)35)9-10-27(24)36-17-19-5-3-7-21(29)11-19/h3-12,14-15,23,33H,2,13,16-17H2,1H3,(H,34,35)/t23-/m1/s1. The van der Waals surface area contributed by atoms with E-state index >= 15 is 0 Å². The Morgan fingerprint density at radius 3 is 2.61 bits per heavy atom. The van der Waals surface area contributed by atoms with E-state index in [1.165, 1.54) is 12.1 Å². The van der Waals surface area contributed by atoms with Crippen molar-refractivity contribution in [2.75, 3.05) is 0 Å². The summed E-state index contributed by atoms with van der Waals surface area (Å²) in [5.41, 5.74) is 3.81. The van der Waals surface area contributed by atoms with Gasteiger partial charge in [0.1, 0.15) is 18.2 Å². The smallest absolute Gasteiger partial charge is 0.307 e. The third-order valence-corrected chi connectivity index (χ3v) is 5.95. The number of aromatic nitrogens is 2. The normalized spacial score (nSPS) is 11.9. The van der Waals surface area contributed by atoms with Gasteiger partial charge in [-0.3, -0.25) is 9.48 Å². The molecule has 0 radical (unpaired) electrons. The SMILES string of the molecule is CC[C@@H](O)Cn1nc(-c2cc(CC(=O)O)ccc2OCc2cccc(Cl)c2)cc1-c1cccc(F)c1. The van der Waals surface area contributed by atoms with Crippen molar-refractivity contribution in [3.8, 4) is 28.3 Å². The summed E-state index contributed by atoms with van der Waals surface area (Å²) in [4.78, 5) is 11.3. The minimum atomic E-state index is -0.953. The molecule has 0 unspecified atom stereocenters. The van der Waals surface area contributed by atoms with Crippen molar-refractivity contribution in [3.05, 3.63) is 94.8 Å². The molecule has 1 heterocycles. The zero-order chi connectivity index (χ0) is 25.7. The lowest BCUT2D eigenvalue weighted by molar-refractivity contribution is -0.136. The minimum Gasteiger partial charge on any atom is -0.488 e. The van der Waals surface area contributed by atoms with Crippen LogP contribution in [0.4, 0.5) is 4.39 Å². The lowest BCUT2D eigenvalue weighted by Gasteiger charge is -2.13. The van der Waals surface area contributed by atoms with Gasteiger partial charge in [0, 0.05) is 16.1 Å². The predicted molar refractivity (Wildman–Crippen MR) is 136 cm³/mol. The number of hydrogen-bond donors (Lipinski definition) is 2. The van der Waals surface area contributed by atoms with Gasteiger partial charge in [0.15, 0.2) is 0 Å². The highest BCUT2D eigenvalue weighted by molar-refractivity contribution is 6.30. The van der Waals surface area contributed by atoms with Crippen LogP contribution >= 0.6 is 11.6 Å². The molecule has 0 fully saturated rings. The molecule has 0 spiro atoms. The monoisotopic (exact) mass is 508 g/mol. The molecule has 8 heteroatoms. The van der Waals surface area contributed by atoms with Crippen LogP contribution in [0.25, 0.3) is 22.5 Å². The van der Waals surface area contributed by atoms with Gasteiger partial charge in [-0.2, -0.15) is 5.10 Å². The highest BCUT2D eigenvalue weighted by atomic mass is 35.5. The summed E-state index contributed by atoms with van der Waals surface area (Å²) < 4.78 is 21.8. The van der Waals surface area contributed by atoms with Gasteiger partial charge >= 0.3 is 5.97 Å². The maximum Gasteiger partial charge on any atom is 0.307 e. The van der Waals surface area contributed by atoms with Crippen LogP contribution in [-0.4, -0.2) is 32.1 Å². The molecule has 0 aliphatic heterocycles. The molecular formula is C28H26ClFN2O4. The molecular weight excluding hydrogens is 483 g/mol. The molecule has 3 aromatic carbocycles. The molecule has 0 bridgehead atoms. The molecule has 0 amide bonds. The van der Waals surface area contributed by atoms with Gasteiger partial charge in [-0.25, -0.2) is 4.39 Å². The van der Waals surface area contributed by atoms with Crippen LogP contribution < -0.4 is 4.74 Å². The first-order valence-electron chi connectivity index (χ1n) is 11.6. The molecule has 6 nitrogen and oxygen atoms in total. The molecule has 0 aliphatic carbocycles. The highest BCUT2D eigenvalue weighted by Gasteiger charge is 2.18. The van der Waals surface area contributed by atoms with Crippen molar-refractivity contribution in [3.63, 3.8) is 0 Å². The average molecular weight is 509 g/mol. The molecule has 4 rings (SSSR count). The van der Waals surface area contributed by atoms with Crippen LogP contribution in [-0.2, 0) is 24.4 Å². The first kappa shape index (κ1) is 25.4. The molecule has 2 N–H and O–H groups in total. The van der Waals surface area contributed by atoms with Gasteiger partial charge < -0.3 is 14.9 Å². The van der Waals surface area contributed by atoms with Crippen molar-refractivity contribution in [2.24, 2.45) is 0 Å². The Morgan fingerprint density at radius 1 is 1.08 bits per heavy atom. The maximum atomic E-state index is 14.0. The van der Waals surface area contributed by atoms with Crippen molar-refractivity contribution in [1.82, 2.24) is 9.78 Å². The van der Waals surface area contributed by atoms with Crippen molar-refractivity contribution >= 4 is 17.6 Å². The number of carboxylic acids is 1. The van der Waals surface area contributed by atoms with Crippen LogP contribution in [0.3, 0.4) is 0 Å². The summed E-state index contributed by atoms with van der Waals surface area (Å²) in [6, 6.07) is 20.4. The van der Waals surface area contributed by atoms with E-state index in [0.717, 1.165) is 5.56 Å². The number of carboxylic acid groups (broad SMARTS) is 1. The molecule has 0 saturated carbocycles. The molecule has 1 atom stereocenters. The fourth-order valence-electron chi connectivity index (χ4n) is 3.87. The second-order valence-corrected chi connectivity index (χ2v) is 8.93. The number of aliphatic hydroxyl groups is 1. The van der Waals surface area contributed by atoms with E-state index in [4.69, 9.17) is 21.4 Å². The van der Waals surface area contributed by atoms with Gasteiger partial charge in [-0.1, -0.05) is 48.9 Å². The van der Waals surface area contributed by atoms with E-state index in [1.54, 1.807) is 47.1 Å². The fourth-order valence-corrected chi connectivity index (χ4v) is 4.08. The summed E-state index contributed by atoms with van der Waals surface area (Å²) in [6.45, 7) is 2.34. The lowest BCUT2D eigenvalue weighted by atomic mass is 10.0. The molecule has 0 aliphatic rings. The number of rotatable bonds is 10. The Labute approximate surface area is 213 Å². The highest BCUT2D eigenvalue weighted by Crippen LogP contribution is 2.34. The third kappa shape index (κ3) is 6.30. The Kier molecular flexibility index (Phi) is 8.03. The molecule has 36 heavy (non-hydrogen) atoms. The first-order chi connectivity index (χ1) is 17.3. The Bertz CT molecular complexity index is 1370. The average Bonchev–Trinajstić information content (AvgIpc) is 3.26. The Morgan fingerprint density at radius 2 is 1.89 bits per heavy atom. The quantitative estimate of drug-likeness (QED) is 0.275. The van der Waals surface area contributed by atoms with Crippen LogP contribution in [0.2, 0.25) is 5.02 Å². The second kappa shape index (κ2) is 11.4. The fraction of sp³-hybridized carbons (Fsp3) is 0.214. The summed E-state index contributed by atoms with van der Waals surface area (Å²) in [7, 11) is 0. The van der Waals surface area contributed by atoms with Crippen molar-refractivity contribution in [1.29, 1.82) is 0 Å². The molecule has 1 aromatic heterocycles. The van der Waals surface area contributed by atoms with Crippen molar-refractivity contribution < 1.29 is 24.1 Å². The first-order valence-corrected chi connectivity index (χ1v) is 11.9. The number of ether oxygens (including phenoxy) is 1. The Hall–Kier alpha value is -3.68. The number of aliphatic hydroxyl groups excluding tert-OH is 1. The molecule has 4 aromatic rings. The van der Waals surface area contributed by atoms with Gasteiger partial charge in [0.25, 0.3) is 0 Å². The van der Waals surface area contributed by atoms with E-state index in [-0.39, 0.29) is 25.4 Å². The number of halogens is 2. The molecule has 0 saturated heterocycles. The topological polar surface area (TPSA) is 84.6 Å². The van der Waals surface area contributed by atoms with Crippen molar-refractivity contribution in [2.45, 2.75) is 39.0 Å². The zero-order valence-corrected chi connectivity index (χ0v) is 20.5. The minimum absolute atomic E-state index is 0.159. The number of nitrogens with zero attached hydrogens (tertiary/aromatic N) is 2. The van der Waals surface area contributed by atoms with Gasteiger partial charge in [-0.05, 0) is 60.0 Å². The maximum absolute atomic E-state index is 14.0. The number of hydrogen-bond acceptors (Lipinski definition) is 4. The lowest BCUT2D eigenvalue weighted by Crippen LogP contribution is -2.16. The third-order valence-electron chi connectivity index (χ3n) is 5.71. The molecule has 186 valence electrons. The van der Waals surface area contributed by atoms with Crippen LogP contribution in [0.5, 0.6) is 5.75 Å². The summed E-state index contributed by atoms with van der Waals surface area (Å²) in [6.07, 6.45) is -0.269. The van der Waals surface area contributed by atoms with E-state index in [1.807, 2.05) is 25.1 Å². The predicted octanol–water partition coefficient (Wildman–Crippen LogP) is 5.99. The van der Waals surface area contributed by atoms with Crippen LogP contribution in [0.15, 0.2) is 72.8 Å².